The number of aryl methyl sites for hydroxylation is 1. The number of nitrogens with zero attached hydrogens (tertiary/aromatic N) is 3. The molecule has 2 heterocycles. The van der Waals surface area contributed by atoms with Crippen molar-refractivity contribution in [3.05, 3.63) is 11.8 Å². The molecule has 1 aliphatic carbocycles. The van der Waals surface area contributed by atoms with Gasteiger partial charge in [-0.15, -0.1) is 5.10 Å². The monoisotopic (exact) mass is 336 g/mol. The van der Waals surface area contributed by atoms with Crippen LogP contribution in [0.1, 0.15) is 51.1 Å². The summed E-state index contributed by atoms with van der Waals surface area (Å²) in [7, 11) is 0. The molecule has 3 rings (SSSR count). The quantitative estimate of drug-likeness (QED) is 0.892. The smallest absolute Gasteiger partial charge is 0.235 e. The van der Waals surface area contributed by atoms with Crippen molar-refractivity contribution in [2.24, 2.45) is 5.73 Å². The van der Waals surface area contributed by atoms with Crippen LogP contribution in [-0.2, 0) is 4.74 Å². The van der Waals surface area contributed by atoms with Crippen molar-refractivity contribution in [2.45, 2.75) is 70.7 Å². The number of hydrogen-bond acceptors (Lipinski definition) is 5. The van der Waals surface area contributed by atoms with Crippen molar-refractivity contribution in [3.8, 4) is 5.88 Å². The van der Waals surface area contributed by atoms with Gasteiger partial charge in [-0.25, -0.2) is 0 Å². The van der Waals surface area contributed by atoms with E-state index in [-0.39, 0.29) is 0 Å². The molecule has 1 aliphatic heterocycles. The first-order valence-corrected chi connectivity index (χ1v) is 9.35. The first-order chi connectivity index (χ1) is 11.6. The summed E-state index contributed by atoms with van der Waals surface area (Å²) in [4.78, 5) is 2.64. The Morgan fingerprint density at radius 1 is 1.17 bits per heavy atom. The third-order valence-electron chi connectivity index (χ3n) is 5.23. The van der Waals surface area contributed by atoms with Gasteiger partial charge in [-0.3, -0.25) is 9.58 Å². The van der Waals surface area contributed by atoms with Crippen LogP contribution in [0.25, 0.3) is 0 Å². The van der Waals surface area contributed by atoms with E-state index in [1.807, 2.05) is 0 Å². The zero-order chi connectivity index (χ0) is 17.1. The molecule has 6 heteroatoms. The maximum Gasteiger partial charge on any atom is 0.235 e. The van der Waals surface area contributed by atoms with E-state index in [1.54, 1.807) is 0 Å². The highest BCUT2D eigenvalue weighted by atomic mass is 16.5. The molecule has 136 valence electrons. The molecule has 0 spiro atoms. The number of morpholine rings is 1. The van der Waals surface area contributed by atoms with Crippen molar-refractivity contribution in [1.29, 1.82) is 0 Å². The van der Waals surface area contributed by atoms with Gasteiger partial charge in [0.2, 0.25) is 5.88 Å². The van der Waals surface area contributed by atoms with Crippen LogP contribution in [0.4, 0.5) is 0 Å². The standard InChI is InChI=1S/C18H32N4O2/c1-13-10-22(20-18(13)23-9-8-19)17-6-4-16(5-7-17)21-11-14(2)24-15(3)12-21/h10,14-17H,4-9,11-12,19H2,1-3H3/t14-,15+,16?,17?. The largest absolute Gasteiger partial charge is 0.475 e. The second-order valence-electron chi connectivity index (χ2n) is 7.41. The van der Waals surface area contributed by atoms with Crippen molar-refractivity contribution < 1.29 is 9.47 Å². The predicted octanol–water partition coefficient (Wildman–Crippen LogP) is 2.12. The highest BCUT2D eigenvalue weighted by Gasteiger charge is 2.31. The number of nitrogens with two attached hydrogens (primary N) is 1. The fourth-order valence-corrected chi connectivity index (χ4v) is 4.16. The second kappa shape index (κ2) is 7.85. The van der Waals surface area contributed by atoms with Crippen LogP contribution in [0.5, 0.6) is 5.88 Å². The first-order valence-electron chi connectivity index (χ1n) is 9.35. The molecule has 0 bridgehead atoms. The summed E-state index contributed by atoms with van der Waals surface area (Å²) in [6.45, 7) is 9.60. The topological polar surface area (TPSA) is 65.5 Å². The Hall–Kier alpha value is -1.11. The maximum atomic E-state index is 5.87. The first kappa shape index (κ1) is 17.7. The highest BCUT2D eigenvalue weighted by Crippen LogP contribution is 2.33. The van der Waals surface area contributed by atoms with Crippen molar-refractivity contribution in [2.75, 3.05) is 26.2 Å². The lowest BCUT2D eigenvalue weighted by Gasteiger charge is -2.42. The van der Waals surface area contributed by atoms with Crippen LogP contribution in [-0.4, -0.2) is 59.2 Å². The summed E-state index contributed by atoms with van der Waals surface area (Å²) in [5.41, 5.74) is 6.61. The van der Waals surface area contributed by atoms with E-state index in [2.05, 4.69) is 41.6 Å². The molecule has 24 heavy (non-hydrogen) atoms. The summed E-state index contributed by atoms with van der Waals surface area (Å²) in [6.07, 6.45) is 7.66. The van der Waals surface area contributed by atoms with Crippen LogP contribution >= 0.6 is 0 Å². The van der Waals surface area contributed by atoms with E-state index in [0.717, 1.165) is 24.5 Å². The molecular weight excluding hydrogens is 304 g/mol. The summed E-state index contributed by atoms with van der Waals surface area (Å²) < 4.78 is 13.6. The van der Waals surface area contributed by atoms with Gasteiger partial charge >= 0.3 is 0 Å². The summed E-state index contributed by atoms with van der Waals surface area (Å²) >= 11 is 0. The molecule has 1 aromatic rings. The van der Waals surface area contributed by atoms with E-state index in [1.165, 1.54) is 25.7 Å². The Labute approximate surface area is 145 Å². The number of rotatable bonds is 5. The van der Waals surface area contributed by atoms with Gasteiger partial charge in [0.15, 0.2) is 0 Å². The Bertz CT molecular complexity index is 515. The summed E-state index contributed by atoms with van der Waals surface area (Å²) in [5.74, 6) is 0.735. The molecule has 1 saturated heterocycles. The van der Waals surface area contributed by atoms with Gasteiger partial charge in [-0.1, -0.05) is 0 Å². The molecule has 2 atom stereocenters. The second-order valence-corrected chi connectivity index (χ2v) is 7.41. The minimum absolute atomic E-state index is 0.350. The van der Waals surface area contributed by atoms with Crippen molar-refractivity contribution >= 4 is 0 Å². The summed E-state index contributed by atoms with van der Waals surface area (Å²) in [6, 6.07) is 1.19. The minimum atomic E-state index is 0.350. The summed E-state index contributed by atoms with van der Waals surface area (Å²) in [5, 5.41) is 4.64. The van der Waals surface area contributed by atoms with E-state index in [9.17, 15) is 0 Å². The van der Waals surface area contributed by atoms with Crippen LogP contribution in [0, 0.1) is 6.92 Å². The van der Waals surface area contributed by atoms with E-state index < -0.39 is 0 Å². The molecule has 2 N–H and O–H groups in total. The molecule has 0 aromatic carbocycles. The number of hydrogen-bond donors (Lipinski definition) is 1. The van der Waals surface area contributed by atoms with Gasteiger partial charge in [-0.05, 0) is 46.5 Å². The Kier molecular flexibility index (Phi) is 5.79. The Morgan fingerprint density at radius 3 is 2.42 bits per heavy atom. The molecule has 2 fully saturated rings. The molecular formula is C18H32N4O2. The highest BCUT2D eigenvalue weighted by molar-refractivity contribution is 5.21. The van der Waals surface area contributed by atoms with Crippen LogP contribution in [0.2, 0.25) is 0 Å². The Balaban J connectivity index is 1.55. The van der Waals surface area contributed by atoms with Crippen molar-refractivity contribution in [3.63, 3.8) is 0 Å². The minimum Gasteiger partial charge on any atom is -0.475 e. The predicted molar refractivity (Wildman–Crippen MR) is 94.4 cm³/mol. The Morgan fingerprint density at radius 2 is 1.79 bits per heavy atom. The maximum absolute atomic E-state index is 5.87. The van der Waals surface area contributed by atoms with E-state index >= 15 is 0 Å². The van der Waals surface area contributed by atoms with Gasteiger partial charge in [0.25, 0.3) is 0 Å². The molecule has 0 radical (unpaired) electrons. The molecule has 1 aromatic heterocycles. The lowest BCUT2D eigenvalue weighted by molar-refractivity contribution is -0.0852. The zero-order valence-electron chi connectivity index (χ0n) is 15.3. The van der Waals surface area contributed by atoms with Gasteiger partial charge in [-0.2, -0.15) is 0 Å². The average molecular weight is 336 g/mol. The molecule has 1 saturated carbocycles. The number of aromatic nitrogens is 2. The third kappa shape index (κ3) is 4.10. The van der Waals surface area contributed by atoms with Crippen LogP contribution in [0.3, 0.4) is 0 Å². The van der Waals surface area contributed by atoms with Gasteiger partial charge in [0, 0.05) is 37.4 Å². The lowest BCUT2D eigenvalue weighted by atomic mass is 9.89. The van der Waals surface area contributed by atoms with Crippen LogP contribution < -0.4 is 10.5 Å². The van der Waals surface area contributed by atoms with Crippen LogP contribution in [0.15, 0.2) is 6.20 Å². The fourth-order valence-electron chi connectivity index (χ4n) is 4.16. The SMILES string of the molecule is Cc1cn(C2CCC(N3C[C@@H](C)O[C@@H](C)C3)CC2)nc1OCCN. The zero-order valence-corrected chi connectivity index (χ0v) is 15.3. The number of ether oxygens (including phenoxy) is 2. The third-order valence-corrected chi connectivity index (χ3v) is 5.23. The molecule has 0 amide bonds. The average Bonchev–Trinajstić information content (AvgIpc) is 2.93. The fraction of sp³-hybridized carbons (Fsp3) is 0.833. The van der Waals surface area contributed by atoms with Gasteiger partial charge in [0.1, 0.15) is 6.61 Å². The van der Waals surface area contributed by atoms with Crippen molar-refractivity contribution in [1.82, 2.24) is 14.7 Å². The lowest BCUT2D eigenvalue weighted by Crippen LogP contribution is -2.51. The molecule has 6 nitrogen and oxygen atoms in total. The van der Waals surface area contributed by atoms with E-state index in [4.69, 9.17) is 15.2 Å². The molecule has 0 unspecified atom stereocenters. The van der Waals surface area contributed by atoms with Gasteiger partial charge < -0.3 is 15.2 Å². The van der Waals surface area contributed by atoms with E-state index in [0.29, 0.717) is 37.4 Å². The molecule has 2 aliphatic rings. The van der Waals surface area contributed by atoms with Gasteiger partial charge in [0.05, 0.1) is 18.2 Å². The normalized spacial score (nSPS) is 32.0.